The minimum Gasteiger partial charge on any atom is -0.492 e. The molecule has 1 fully saturated rings. The van der Waals surface area contributed by atoms with Crippen LogP contribution in [0.1, 0.15) is 36.0 Å². The lowest BCUT2D eigenvalue weighted by Crippen LogP contribution is -2.44. The number of hydrogen-bond donors (Lipinski definition) is 2. The summed E-state index contributed by atoms with van der Waals surface area (Å²) in [5.74, 6) is 0.476. The van der Waals surface area contributed by atoms with Crippen LogP contribution in [0.4, 0.5) is 9.18 Å². The highest BCUT2D eigenvalue weighted by atomic mass is 19.1. The molecule has 2 aliphatic rings. The second-order valence-corrected chi connectivity index (χ2v) is 7.32. The van der Waals surface area contributed by atoms with Gasteiger partial charge in [0.15, 0.2) is 0 Å². The number of fused-ring (bicyclic) bond motifs is 1. The van der Waals surface area contributed by atoms with E-state index in [1.165, 1.54) is 17.7 Å². The van der Waals surface area contributed by atoms with E-state index in [2.05, 4.69) is 11.4 Å². The Kier molecular flexibility index (Phi) is 5.03. The molecule has 28 heavy (non-hydrogen) atoms. The summed E-state index contributed by atoms with van der Waals surface area (Å²) in [5, 5.41) is 10.9. The van der Waals surface area contributed by atoms with E-state index < -0.39 is 6.09 Å². The summed E-state index contributed by atoms with van der Waals surface area (Å²) in [6.45, 7) is 1.25. The van der Waals surface area contributed by atoms with E-state index in [4.69, 9.17) is 14.8 Å². The molecule has 0 radical (unpaired) electrons. The first-order valence-electron chi connectivity index (χ1n) is 9.62. The number of halogens is 1. The van der Waals surface area contributed by atoms with Crippen molar-refractivity contribution in [3.8, 4) is 5.75 Å². The predicted octanol–water partition coefficient (Wildman–Crippen LogP) is 3.94. The first-order valence-corrected chi connectivity index (χ1v) is 9.62. The Bertz CT molecular complexity index is 904. The third-order valence-electron chi connectivity index (χ3n) is 5.69. The fourth-order valence-electron chi connectivity index (χ4n) is 4.15. The Labute approximate surface area is 163 Å². The highest BCUT2D eigenvalue weighted by molar-refractivity contribution is 6.10. The maximum Gasteiger partial charge on any atom is 0.404 e. The Balaban J connectivity index is 1.61. The first-order chi connectivity index (χ1) is 13.6. The summed E-state index contributed by atoms with van der Waals surface area (Å²) < 4.78 is 19.2. The highest BCUT2D eigenvalue weighted by Crippen LogP contribution is 2.48. The fraction of sp³-hybridized carbons (Fsp3) is 0.364. The van der Waals surface area contributed by atoms with Gasteiger partial charge in [0, 0.05) is 17.5 Å². The molecule has 0 aromatic heterocycles. The van der Waals surface area contributed by atoms with E-state index in [9.17, 15) is 9.18 Å². The molecular weight excluding hydrogens is 359 g/mol. The van der Waals surface area contributed by atoms with Gasteiger partial charge in [-0.25, -0.2) is 9.18 Å². The van der Waals surface area contributed by atoms with E-state index in [0.717, 1.165) is 49.1 Å². The molecule has 0 bridgehead atoms. The summed E-state index contributed by atoms with van der Waals surface area (Å²) in [6.07, 6.45) is 2.96. The molecule has 0 unspecified atom stereocenters. The minimum absolute atomic E-state index is 0.160. The first kappa shape index (κ1) is 18.5. The molecule has 1 aliphatic carbocycles. The molecule has 0 saturated heterocycles. The van der Waals surface area contributed by atoms with Gasteiger partial charge in [0.2, 0.25) is 0 Å². The van der Waals surface area contributed by atoms with Crippen LogP contribution in [0.25, 0.3) is 0 Å². The van der Waals surface area contributed by atoms with Gasteiger partial charge in [0.25, 0.3) is 0 Å². The van der Waals surface area contributed by atoms with Crippen molar-refractivity contribution >= 4 is 11.8 Å². The molecule has 146 valence electrons. The third-order valence-corrected chi connectivity index (χ3v) is 5.69. The van der Waals surface area contributed by atoms with Gasteiger partial charge >= 0.3 is 6.09 Å². The van der Waals surface area contributed by atoms with Crippen LogP contribution < -0.4 is 10.1 Å². The molecule has 0 spiro atoms. The zero-order valence-electron chi connectivity index (χ0n) is 15.6. The molecule has 2 N–H and O–H groups in total. The minimum atomic E-state index is -1.06. The number of benzene rings is 2. The van der Waals surface area contributed by atoms with Crippen molar-refractivity contribution in [2.45, 2.75) is 31.1 Å². The van der Waals surface area contributed by atoms with Crippen LogP contribution in [-0.2, 0) is 11.8 Å². The molecule has 4 rings (SSSR count). The molecular formula is C22H23FN2O3. The van der Waals surface area contributed by atoms with Crippen molar-refractivity contribution in [1.82, 2.24) is 5.32 Å². The molecule has 2 aromatic carbocycles. The number of carboxylic acid groups (broad SMARTS) is 1. The van der Waals surface area contributed by atoms with Crippen molar-refractivity contribution < 1.29 is 19.0 Å². The zero-order chi connectivity index (χ0) is 19.6. The molecule has 1 amide bonds. The van der Waals surface area contributed by atoms with E-state index >= 15 is 0 Å². The van der Waals surface area contributed by atoms with Crippen LogP contribution >= 0.6 is 0 Å². The second-order valence-electron chi connectivity index (χ2n) is 7.32. The summed E-state index contributed by atoms with van der Waals surface area (Å²) in [6, 6.07) is 12.8. The Morgan fingerprint density at radius 3 is 2.68 bits per heavy atom. The Morgan fingerprint density at radius 2 is 2.00 bits per heavy atom. The predicted molar refractivity (Wildman–Crippen MR) is 105 cm³/mol. The fourth-order valence-corrected chi connectivity index (χ4v) is 4.15. The van der Waals surface area contributed by atoms with Crippen molar-refractivity contribution in [2.24, 2.45) is 4.99 Å². The van der Waals surface area contributed by atoms with Crippen LogP contribution in [0, 0.1) is 5.82 Å². The number of ether oxygens (including phenoxy) is 1. The van der Waals surface area contributed by atoms with Gasteiger partial charge in [-0.2, -0.15) is 0 Å². The van der Waals surface area contributed by atoms with Crippen LogP contribution in [0.2, 0.25) is 0 Å². The number of hydrogen-bond acceptors (Lipinski definition) is 3. The van der Waals surface area contributed by atoms with Crippen molar-refractivity contribution in [3.63, 3.8) is 0 Å². The normalized spacial score (nSPS) is 17.1. The van der Waals surface area contributed by atoms with E-state index in [1.807, 2.05) is 24.3 Å². The maximum absolute atomic E-state index is 13.4. The summed E-state index contributed by atoms with van der Waals surface area (Å²) in [4.78, 5) is 15.4. The van der Waals surface area contributed by atoms with Crippen LogP contribution in [0.3, 0.4) is 0 Å². The zero-order valence-corrected chi connectivity index (χ0v) is 15.6. The average molecular weight is 382 g/mol. The topological polar surface area (TPSA) is 70.9 Å². The number of amides is 1. The Hall–Kier alpha value is -2.89. The number of aliphatic imine (C=N–C) groups is 1. The van der Waals surface area contributed by atoms with Crippen molar-refractivity contribution in [2.75, 3.05) is 19.7 Å². The third kappa shape index (κ3) is 3.46. The summed E-state index contributed by atoms with van der Waals surface area (Å²) in [7, 11) is 0. The second kappa shape index (κ2) is 7.62. The number of nitrogens with one attached hydrogen (secondary N) is 1. The molecule has 1 heterocycles. The lowest BCUT2D eigenvalue weighted by Gasteiger charge is -2.45. The lowest BCUT2D eigenvalue weighted by atomic mass is 9.59. The van der Waals surface area contributed by atoms with Gasteiger partial charge in [0.1, 0.15) is 18.2 Å². The molecule has 1 aliphatic heterocycles. The van der Waals surface area contributed by atoms with Gasteiger partial charge in [-0.1, -0.05) is 24.6 Å². The van der Waals surface area contributed by atoms with Crippen molar-refractivity contribution in [3.05, 3.63) is 65.0 Å². The maximum atomic E-state index is 13.4. The van der Waals surface area contributed by atoms with Crippen LogP contribution in [0.15, 0.2) is 47.5 Å². The smallest absolute Gasteiger partial charge is 0.404 e. The van der Waals surface area contributed by atoms with Crippen molar-refractivity contribution in [1.29, 1.82) is 0 Å². The molecule has 6 heteroatoms. The monoisotopic (exact) mass is 382 g/mol. The van der Waals surface area contributed by atoms with Crippen LogP contribution in [-0.4, -0.2) is 36.6 Å². The standard InChI is InChI=1S/C22H23FN2O3/c23-17-5-3-16(4-6-17)22(9-1-10-22)20-19-14-18(28-13-12-25-21(26)27)7-2-15(19)8-11-24-20/h2-7,14,25H,1,8-13H2,(H,26,27). The number of carbonyl (C=O) groups is 1. The number of rotatable bonds is 6. The van der Waals surface area contributed by atoms with E-state index in [1.54, 1.807) is 0 Å². The van der Waals surface area contributed by atoms with Gasteiger partial charge in [-0.3, -0.25) is 4.99 Å². The molecule has 0 atom stereocenters. The summed E-state index contributed by atoms with van der Waals surface area (Å²) in [5.41, 5.74) is 4.37. The van der Waals surface area contributed by atoms with Gasteiger partial charge in [-0.05, 0) is 54.7 Å². The van der Waals surface area contributed by atoms with E-state index in [-0.39, 0.29) is 24.4 Å². The van der Waals surface area contributed by atoms with Gasteiger partial charge in [0.05, 0.1) is 12.3 Å². The Morgan fingerprint density at radius 1 is 1.21 bits per heavy atom. The molecule has 2 aromatic rings. The van der Waals surface area contributed by atoms with Gasteiger partial charge in [-0.15, -0.1) is 0 Å². The summed E-state index contributed by atoms with van der Waals surface area (Å²) >= 11 is 0. The highest BCUT2D eigenvalue weighted by Gasteiger charge is 2.45. The van der Waals surface area contributed by atoms with E-state index in [0.29, 0.717) is 5.75 Å². The molecule has 5 nitrogen and oxygen atoms in total. The largest absolute Gasteiger partial charge is 0.492 e. The lowest BCUT2D eigenvalue weighted by molar-refractivity contribution is 0.191. The van der Waals surface area contributed by atoms with Crippen LogP contribution in [0.5, 0.6) is 5.75 Å². The molecule has 1 saturated carbocycles. The van der Waals surface area contributed by atoms with Gasteiger partial charge < -0.3 is 15.2 Å². The SMILES string of the molecule is O=C(O)NCCOc1ccc2c(c1)C(C1(c3ccc(F)cc3)CCC1)=NCC2. The quantitative estimate of drug-likeness (QED) is 0.744. The average Bonchev–Trinajstić information content (AvgIpc) is 2.66. The number of nitrogens with zero attached hydrogens (tertiary/aromatic N) is 1.